The van der Waals surface area contributed by atoms with E-state index in [9.17, 15) is 18.0 Å². The standard InChI is InChI=1S/C20H21F3N6O2/c1-4-28(14(3)12-31-19-24-10-15(11-25-19)20(21,22)23)18(30)16-7-5-6-13(2)17(16)29-26-8-9-27-29/h5-11,14H,4,12H2,1-3H3. The summed E-state index contributed by atoms with van der Waals surface area (Å²) in [7, 11) is 0. The van der Waals surface area contributed by atoms with Gasteiger partial charge in [-0.25, -0.2) is 9.97 Å². The van der Waals surface area contributed by atoms with Crippen molar-refractivity contribution in [2.75, 3.05) is 13.2 Å². The fourth-order valence-corrected chi connectivity index (χ4v) is 3.06. The third-order valence-corrected chi connectivity index (χ3v) is 4.63. The van der Waals surface area contributed by atoms with Crippen LogP contribution in [0.15, 0.2) is 43.0 Å². The Kier molecular flexibility index (Phi) is 6.52. The van der Waals surface area contributed by atoms with Gasteiger partial charge in [0.25, 0.3) is 5.91 Å². The first-order valence-corrected chi connectivity index (χ1v) is 9.51. The molecule has 0 bridgehead atoms. The number of rotatable bonds is 7. The first kappa shape index (κ1) is 22.2. The molecule has 0 fully saturated rings. The summed E-state index contributed by atoms with van der Waals surface area (Å²) in [6, 6.07) is 4.74. The molecule has 164 valence electrons. The molecule has 1 aromatic carbocycles. The molecule has 0 radical (unpaired) electrons. The van der Waals surface area contributed by atoms with Crippen molar-refractivity contribution in [1.82, 2.24) is 29.9 Å². The molecule has 0 saturated carbocycles. The molecule has 1 atom stereocenters. The first-order valence-electron chi connectivity index (χ1n) is 9.51. The van der Waals surface area contributed by atoms with E-state index in [1.54, 1.807) is 24.0 Å². The van der Waals surface area contributed by atoms with Crippen molar-refractivity contribution in [3.05, 3.63) is 59.7 Å². The van der Waals surface area contributed by atoms with Crippen LogP contribution in [0.4, 0.5) is 13.2 Å². The van der Waals surface area contributed by atoms with Gasteiger partial charge in [0.1, 0.15) is 12.3 Å². The zero-order valence-corrected chi connectivity index (χ0v) is 17.2. The number of nitrogens with zero attached hydrogens (tertiary/aromatic N) is 6. The van der Waals surface area contributed by atoms with E-state index >= 15 is 0 Å². The summed E-state index contributed by atoms with van der Waals surface area (Å²) in [5, 5.41) is 8.27. The number of para-hydroxylation sites is 1. The zero-order chi connectivity index (χ0) is 22.6. The van der Waals surface area contributed by atoms with Gasteiger partial charge in [-0.15, -0.1) is 0 Å². The Labute approximate surface area is 176 Å². The second-order valence-electron chi connectivity index (χ2n) is 6.79. The van der Waals surface area contributed by atoms with E-state index < -0.39 is 17.8 Å². The van der Waals surface area contributed by atoms with Crippen molar-refractivity contribution in [2.24, 2.45) is 0 Å². The van der Waals surface area contributed by atoms with Gasteiger partial charge in [0, 0.05) is 18.9 Å². The third kappa shape index (κ3) is 4.98. The molecule has 0 spiro atoms. The summed E-state index contributed by atoms with van der Waals surface area (Å²) < 4.78 is 43.3. The number of aryl methyl sites for hydroxylation is 1. The van der Waals surface area contributed by atoms with E-state index in [1.807, 2.05) is 19.9 Å². The molecule has 1 unspecified atom stereocenters. The molecule has 3 rings (SSSR count). The second-order valence-corrected chi connectivity index (χ2v) is 6.79. The van der Waals surface area contributed by atoms with E-state index in [0.29, 0.717) is 30.2 Å². The van der Waals surface area contributed by atoms with Gasteiger partial charge in [0.2, 0.25) is 0 Å². The lowest BCUT2D eigenvalue weighted by Gasteiger charge is -2.28. The molecule has 0 N–H and O–H groups in total. The van der Waals surface area contributed by atoms with E-state index in [0.717, 1.165) is 5.56 Å². The predicted molar refractivity (Wildman–Crippen MR) is 105 cm³/mol. The predicted octanol–water partition coefficient (Wildman–Crippen LogP) is 3.31. The summed E-state index contributed by atoms with van der Waals surface area (Å²) in [5.74, 6) is -0.247. The monoisotopic (exact) mass is 434 g/mol. The highest BCUT2D eigenvalue weighted by molar-refractivity contribution is 5.98. The number of aromatic nitrogens is 5. The fraction of sp³-hybridized carbons (Fsp3) is 0.350. The van der Waals surface area contributed by atoms with Crippen molar-refractivity contribution >= 4 is 5.91 Å². The molecule has 0 aliphatic carbocycles. The van der Waals surface area contributed by atoms with Crippen molar-refractivity contribution in [3.8, 4) is 11.7 Å². The van der Waals surface area contributed by atoms with Crippen molar-refractivity contribution in [2.45, 2.75) is 33.0 Å². The molecule has 0 saturated heterocycles. The van der Waals surface area contributed by atoms with Crippen LogP contribution in [0.25, 0.3) is 5.69 Å². The summed E-state index contributed by atoms with van der Waals surface area (Å²) in [4.78, 5) is 23.5. The first-order chi connectivity index (χ1) is 14.7. The number of halogens is 3. The molecule has 2 heterocycles. The van der Waals surface area contributed by atoms with E-state index in [-0.39, 0.29) is 18.5 Å². The van der Waals surface area contributed by atoms with Crippen LogP contribution in [0, 0.1) is 6.92 Å². The normalized spacial score (nSPS) is 12.5. The van der Waals surface area contributed by atoms with Gasteiger partial charge in [-0.1, -0.05) is 12.1 Å². The summed E-state index contributed by atoms with van der Waals surface area (Å²) >= 11 is 0. The minimum atomic E-state index is -4.52. The highest BCUT2D eigenvalue weighted by atomic mass is 19.4. The lowest BCUT2D eigenvalue weighted by atomic mass is 10.1. The topological polar surface area (TPSA) is 86.0 Å². The van der Waals surface area contributed by atoms with Crippen LogP contribution in [-0.4, -0.2) is 55.0 Å². The minimum Gasteiger partial charge on any atom is -0.461 e. The van der Waals surface area contributed by atoms with Crippen molar-refractivity contribution in [3.63, 3.8) is 0 Å². The molecule has 3 aromatic rings. The smallest absolute Gasteiger partial charge is 0.419 e. The van der Waals surface area contributed by atoms with Crippen LogP contribution >= 0.6 is 0 Å². The van der Waals surface area contributed by atoms with Gasteiger partial charge >= 0.3 is 12.2 Å². The van der Waals surface area contributed by atoms with Crippen molar-refractivity contribution < 1.29 is 22.7 Å². The van der Waals surface area contributed by atoms with Gasteiger partial charge in [-0.2, -0.15) is 28.2 Å². The second kappa shape index (κ2) is 9.11. The number of ether oxygens (including phenoxy) is 1. The van der Waals surface area contributed by atoms with E-state index in [1.165, 1.54) is 17.2 Å². The molecular formula is C20H21F3N6O2. The summed E-state index contributed by atoms with van der Waals surface area (Å²) in [5.41, 5.74) is 0.878. The summed E-state index contributed by atoms with van der Waals surface area (Å²) in [6.45, 7) is 5.85. The molecule has 1 amide bonds. The Balaban J connectivity index is 1.75. The van der Waals surface area contributed by atoms with E-state index in [4.69, 9.17) is 4.74 Å². The van der Waals surface area contributed by atoms with Crippen LogP contribution in [0.2, 0.25) is 0 Å². The van der Waals surface area contributed by atoms with Gasteiger partial charge < -0.3 is 9.64 Å². The molecule has 31 heavy (non-hydrogen) atoms. The number of amides is 1. The molecule has 0 aliphatic rings. The lowest BCUT2D eigenvalue weighted by molar-refractivity contribution is -0.138. The van der Waals surface area contributed by atoms with Crippen LogP contribution in [0.1, 0.15) is 35.3 Å². The number of benzene rings is 1. The van der Waals surface area contributed by atoms with Crippen LogP contribution < -0.4 is 4.74 Å². The lowest BCUT2D eigenvalue weighted by Crippen LogP contribution is -2.42. The zero-order valence-electron chi connectivity index (χ0n) is 17.2. The average Bonchev–Trinajstić information content (AvgIpc) is 3.26. The van der Waals surface area contributed by atoms with Crippen molar-refractivity contribution in [1.29, 1.82) is 0 Å². The molecule has 8 nitrogen and oxygen atoms in total. The Hall–Kier alpha value is -3.50. The molecule has 2 aromatic heterocycles. The Morgan fingerprint density at radius 3 is 2.42 bits per heavy atom. The number of likely N-dealkylation sites (N-methyl/N-ethyl adjacent to an activating group) is 1. The van der Waals surface area contributed by atoms with E-state index in [2.05, 4.69) is 20.2 Å². The van der Waals surface area contributed by atoms with Gasteiger partial charge in [-0.3, -0.25) is 4.79 Å². The van der Waals surface area contributed by atoms with Crippen LogP contribution in [0.3, 0.4) is 0 Å². The van der Waals surface area contributed by atoms with Crippen LogP contribution in [-0.2, 0) is 6.18 Å². The highest BCUT2D eigenvalue weighted by Gasteiger charge is 2.31. The highest BCUT2D eigenvalue weighted by Crippen LogP contribution is 2.28. The maximum absolute atomic E-state index is 13.3. The SMILES string of the molecule is CCN(C(=O)c1cccc(C)c1-n1nccn1)C(C)COc1ncc(C(F)(F)F)cn1. The Morgan fingerprint density at radius 1 is 1.19 bits per heavy atom. The quantitative estimate of drug-likeness (QED) is 0.567. The largest absolute Gasteiger partial charge is 0.461 e. The molecule has 11 heteroatoms. The number of alkyl halides is 3. The Bertz CT molecular complexity index is 1020. The minimum absolute atomic E-state index is 0.00606. The third-order valence-electron chi connectivity index (χ3n) is 4.63. The number of carbonyl (C=O) groups is 1. The van der Waals surface area contributed by atoms with Gasteiger partial charge in [0.15, 0.2) is 0 Å². The Morgan fingerprint density at radius 2 is 1.84 bits per heavy atom. The van der Waals surface area contributed by atoms with Gasteiger partial charge in [-0.05, 0) is 32.4 Å². The number of hydrogen-bond donors (Lipinski definition) is 0. The fourth-order valence-electron chi connectivity index (χ4n) is 3.06. The van der Waals surface area contributed by atoms with Gasteiger partial charge in [0.05, 0.1) is 29.6 Å². The maximum Gasteiger partial charge on any atom is 0.419 e. The number of carbonyl (C=O) groups excluding carboxylic acids is 1. The average molecular weight is 434 g/mol. The maximum atomic E-state index is 13.3. The van der Waals surface area contributed by atoms with Crippen LogP contribution in [0.5, 0.6) is 6.01 Å². The molecule has 0 aliphatic heterocycles. The number of hydrogen-bond acceptors (Lipinski definition) is 6. The molecular weight excluding hydrogens is 413 g/mol. The summed E-state index contributed by atoms with van der Waals surface area (Å²) in [6.07, 6.45) is -0.151.